The van der Waals surface area contributed by atoms with Gasteiger partial charge in [0.1, 0.15) is 23.0 Å². The molecule has 0 fully saturated rings. The zero-order valence-electron chi connectivity index (χ0n) is 36.7. The van der Waals surface area contributed by atoms with Crippen molar-refractivity contribution in [2.45, 2.75) is 45.1 Å². The van der Waals surface area contributed by atoms with E-state index in [-0.39, 0.29) is 6.04 Å². The normalized spacial score (nSPS) is 15.3. The number of benzene rings is 8. The van der Waals surface area contributed by atoms with Gasteiger partial charge in [0.25, 0.3) is 0 Å². The number of anilines is 5. The van der Waals surface area contributed by atoms with Crippen molar-refractivity contribution in [2.75, 3.05) is 38.2 Å². The first-order chi connectivity index (χ1) is 30.9. The van der Waals surface area contributed by atoms with Gasteiger partial charge in [0.2, 0.25) is 0 Å². The van der Waals surface area contributed by atoms with Crippen LogP contribution in [-0.2, 0) is 6.42 Å². The molecule has 0 radical (unpaired) electrons. The zero-order valence-corrected chi connectivity index (χ0v) is 36.7. The first-order valence-electron chi connectivity index (χ1n) is 21.9. The second-order valence-electron chi connectivity index (χ2n) is 17.0. The molecule has 0 bridgehead atoms. The first-order valence-corrected chi connectivity index (χ1v) is 21.9. The molecule has 0 aromatic heterocycles. The highest BCUT2D eigenvalue weighted by atomic mass is 16.5. The van der Waals surface area contributed by atoms with E-state index in [9.17, 15) is 0 Å². The molecular weight excluding hydrogens is 777 g/mol. The van der Waals surface area contributed by atoms with Gasteiger partial charge in [-0.25, -0.2) is 0 Å². The number of fused-ring (bicyclic) bond motifs is 6. The fourth-order valence-electron chi connectivity index (χ4n) is 11.2. The second-order valence-corrected chi connectivity index (χ2v) is 17.0. The summed E-state index contributed by atoms with van der Waals surface area (Å²) in [6.45, 7) is 4.78. The molecule has 312 valence electrons. The van der Waals surface area contributed by atoms with Gasteiger partial charge < -0.3 is 28.7 Å². The molecule has 63 heavy (non-hydrogen) atoms. The van der Waals surface area contributed by atoms with Crippen molar-refractivity contribution >= 4 is 39.2 Å². The Kier molecular flexibility index (Phi) is 9.41. The summed E-state index contributed by atoms with van der Waals surface area (Å²) in [5.74, 6) is 3.68. The third kappa shape index (κ3) is 6.06. The number of methoxy groups -OCH3 is 4. The smallest absolute Gasteiger partial charge is 0.119 e. The van der Waals surface area contributed by atoms with Crippen LogP contribution in [0.15, 0.2) is 146 Å². The highest BCUT2D eigenvalue weighted by Crippen LogP contribution is 2.61. The molecular formula is C57H50N2O4. The summed E-state index contributed by atoms with van der Waals surface area (Å²) < 4.78 is 22.3. The largest absolute Gasteiger partial charge is 0.497 e. The van der Waals surface area contributed by atoms with Crippen molar-refractivity contribution in [1.82, 2.24) is 0 Å². The number of nitrogens with zero attached hydrogens (tertiary/aromatic N) is 2. The van der Waals surface area contributed by atoms with Crippen LogP contribution in [0.4, 0.5) is 28.4 Å². The third-order valence-corrected chi connectivity index (χ3v) is 14.0. The molecule has 11 rings (SSSR count). The lowest BCUT2D eigenvalue weighted by Crippen LogP contribution is -2.32. The van der Waals surface area contributed by atoms with Gasteiger partial charge in [-0.3, -0.25) is 0 Å². The fraction of sp³-hybridized carbons (Fsp3) is 0.193. The Balaban J connectivity index is 1.04. The summed E-state index contributed by atoms with van der Waals surface area (Å²) in [4.78, 5) is 4.89. The predicted molar refractivity (Wildman–Crippen MR) is 258 cm³/mol. The SMILES string of the molecule is COc1ccc(N(c2ccc(OC)cc2)c2ccc3c4c(cccc24)-c2c(C)c4c(c(C)c2-3)C2CCC(N(c3ccc(OC)cc3)c3ccc(OC)cc3)Cc3cccc-4c32)cc1. The highest BCUT2D eigenvalue weighted by Gasteiger charge is 2.41. The van der Waals surface area contributed by atoms with E-state index in [4.69, 9.17) is 18.9 Å². The van der Waals surface area contributed by atoms with E-state index in [1.807, 2.05) is 24.3 Å². The Morgan fingerprint density at radius 3 is 1.49 bits per heavy atom. The van der Waals surface area contributed by atoms with E-state index < -0.39 is 0 Å². The van der Waals surface area contributed by atoms with Gasteiger partial charge in [0.15, 0.2) is 0 Å². The molecule has 6 nitrogen and oxygen atoms in total. The van der Waals surface area contributed by atoms with Gasteiger partial charge in [-0.2, -0.15) is 0 Å². The maximum atomic E-state index is 5.58. The molecule has 0 saturated carbocycles. The second kappa shape index (κ2) is 15.3. The average Bonchev–Trinajstić information content (AvgIpc) is 3.79. The molecule has 0 saturated heterocycles. The van der Waals surface area contributed by atoms with Gasteiger partial charge >= 0.3 is 0 Å². The molecule has 0 aliphatic heterocycles. The molecule has 0 amide bonds. The standard InChI is InChI=1S/C57H50N2O4/c1-34-52-47-11-7-9-36-33-41(58(37-13-22-42(60-3)23-14-37)38-15-24-43(61-4)25-16-38)21-30-49(56(36)47)54(52)35(2)55-50-31-32-51(46-10-8-12-48(53(34)55)57(46)50)59(39-17-26-44(62-5)27-18-39)40-19-28-45(63-6)29-20-40/h7-20,22-29,31-32,41,49H,21,30,33H2,1-6H3. The van der Waals surface area contributed by atoms with Gasteiger partial charge in [0, 0.05) is 40.1 Å². The van der Waals surface area contributed by atoms with E-state index in [1.54, 1.807) is 28.4 Å². The van der Waals surface area contributed by atoms with Crippen molar-refractivity contribution in [3.8, 4) is 56.4 Å². The van der Waals surface area contributed by atoms with E-state index in [0.717, 1.165) is 70.7 Å². The quantitative estimate of drug-likeness (QED) is 0.137. The van der Waals surface area contributed by atoms with Gasteiger partial charge in [-0.1, -0.05) is 42.5 Å². The molecule has 8 aromatic rings. The first kappa shape index (κ1) is 38.7. The van der Waals surface area contributed by atoms with E-state index >= 15 is 0 Å². The Bertz CT molecular complexity index is 2950. The van der Waals surface area contributed by atoms with Crippen LogP contribution in [0.2, 0.25) is 0 Å². The summed E-state index contributed by atoms with van der Waals surface area (Å²) in [5, 5.41) is 2.54. The lowest BCUT2D eigenvalue weighted by atomic mass is 9.83. The predicted octanol–water partition coefficient (Wildman–Crippen LogP) is 14.3. The summed E-state index contributed by atoms with van der Waals surface area (Å²) in [6.07, 6.45) is 3.05. The molecule has 0 spiro atoms. The van der Waals surface area contributed by atoms with Gasteiger partial charge in [-0.15, -0.1) is 0 Å². The van der Waals surface area contributed by atoms with E-state index in [1.165, 1.54) is 72.0 Å². The lowest BCUT2D eigenvalue weighted by molar-refractivity contribution is 0.414. The van der Waals surface area contributed by atoms with Gasteiger partial charge in [0.05, 0.1) is 34.1 Å². The van der Waals surface area contributed by atoms with Crippen LogP contribution >= 0.6 is 0 Å². The third-order valence-electron chi connectivity index (χ3n) is 14.0. The average molecular weight is 827 g/mol. The van der Waals surface area contributed by atoms with Crippen molar-refractivity contribution < 1.29 is 18.9 Å². The Morgan fingerprint density at radius 2 is 0.937 bits per heavy atom. The van der Waals surface area contributed by atoms with Crippen LogP contribution in [0.1, 0.15) is 46.6 Å². The molecule has 3 aliphatic rings. The molecule has 0 heterocycles. The maximum Gasteiger partial charge on any atom is 0.119 e. The van der Waals surface area contributed by atoms with Crippen LogP contribution in [0.25, 0.3) is 44.2 Å². The molecule has 0 N–H and O–H groups in total. The minimum absolute atomic E-state index is 0.249. The van der Waals surface area contributed by atoms with Crippen molar-refractivity contribution in [3.63, 3.8) is 0 Å². The number of hydrogen-bond acceptors (Lipinski definition) is 6. The number of hydrogen-bond donors (Lipinski definition) is 0. The van der Waals surface area contributed by atoms with Crippen molar-refractivity contribution in [2.24, 2.45) is 0 Å². The van der Waals surface area contributed by atoms with Gasteiger partial charge in [-0.05, 0) is 203 Å². The Labute approximate surface area is 369 Å². The summed E-state index contributed by atoms with van der Waals surface area (Å²) >= 11 is 0. The zero-order chi connectivity index (χ0) is 42.9. The molecule has 2 atom stereocenters. The highest BCUT2D eigenvalue weighted by molar-refractivity contribution is 6.21. The lowest BCUT2D eigenvalue weighted by Gasteiger charge is -2.34. The topological polar surface area (TPSA) is 43.4 Å². The van der Waals surface area contributed by atoms with Crippen LogP contribution in [0.3, 0.4) is 0 Å². The van der Waals surface area contributed by atoms with E-state index in [0.29, 0.717) is 5.92 Å². The fourth-order valence-corrected chi connectivity index (χ4v) is 11.2. The van der Waals surface area contributed by atoms with Crippen LogP contribution < -0.4 is 28.7 Å². The Hall–Kier alpha value is -7.18. The number of rotatable bonds is 10. The van der Waals surface area contributed by atoms with Crippen LogP contribution in [0.5, 0.6) is 23.0 Å². The van der Waals surface area contributed by atoms with E-state index in [2.05, 4.69) is 145 Å². The monoisotopic (exact) mass is 826 g/mol. The molecule has 2 unspecified atom stereocenters. The Morgan fingerprint density at radius 1 is 0.444 bits per heavy atom. The summed E-state index contributed by atoms with van der Waals surface area (Å²) in [6, 6.07) is 52.6. The maximum absolute atomic E-state index is 5.58. The minimum atomic E-state index is 0.249. The molecule has 6 heteroatoms. The van der Waals surface area contributed by atoms with Crippen LogP contribution in [-0.4, -0.2) is 34.5 Å². The summed E-state index contributed by atoms with van der Waals surface area (Å²) in [7, 11) is 6.87. The van der Waals surface area contributed by atoms with Crippen molar-refractivity contribution in [3.05, 3.63) is 173 Å². The van der Waals surface area contributed by atoms with Crippen LogP contribution in [0, 0.1) is 13.8 Å². The number of ether oxygens (including phenoxy) is 4. The molecule has 3 aliphatic carbocycles. The summed E-state index contributed by atoms with van der Waals surface area (Å²) in [5.41, 5.74) is 21.1. The van der Waals surface area contributed by atoms with Crippen molar-refractivity contribution in [1.29, 1.82) is 0 Å². The minimum Gasteiger partial charge on any atom is -0.497 e. The molecule has 8 aromatic carbocycles.